The predicted molar refractivity (Wildman–Crippen MR) is 70.5 cm³/mol. The lowest BCUT2D eigenvalue weighted by molar-refractivity contribution is 0.176. The van der Waals surface area contributed by atoms with Gasteiger partial charge in [0.25, 0.3) is 0 Å². The van der Waals surface area contributed by atoms with Gasteiger partial charge in [-0.1, -0.05) is 32.1 Å². The van der Waals surface area contributed by atoms with Gasteiger partial charge in [-0.05, 0) is 5.41 Å². The summed E-state index contributed by atoms with van der Waals surface area (Å²) in [6.45, 7) is 6.81. The first kappa shape index (κ1) is 13.4. The standard InChI is InChI=1S/C11H19N5OS/c1-11(2,3)7(12)5-9-15-16-8(6-17-4)13-14-10(16)18-9/h7H,5-6,12H2,1-4H3. The van der Waals surface area contributed by atoms with Crippen molar-refractivity contribution in [3.8, 4) is 0 Å². The lowest BCUT2D eigenvalue weighted by Gasteiger charge is -2.25. The summed E-state index contributed by atoms with van der Waals surface area (Å²) < 4.78 is 6.79. The van der Waals surface area contributed by atoms with E-state index in [2.05, 4.69) is 36.1 Å². The van der Waals surface area contributed by atoms with Crippen LogP contribution in [0.5, 0.6) is 0 Å². The Kier molecular flexibility index (Phi) is 3.65. The average Bonchev–Trinajstić information content (AvgIpc) is 2.79. The molecular weight excluding hydrogens is 250 g/mol. The molecule has 1 unspecified atom stereocenters. The third-order valence-corrected chi connectivity index (χ3v) is 3.80. The first-order valence-electron chi connectivity index (χ1n) is 5.86. The highest BCUT2D eigenvalue weighted by Crippen LogP contribution is 2.23. The zero-order valence-electron chi connectivity index (χ0n) is 11.2. The fourth-order valence-corrected chi connectivity index (χ4v) is 2.40. The first-order chi connectivity index (χ1) is 8.41. The Bertz CT molecular complexity index is 527. The molecule has 0 amide bonds. The molecule has 7 heteroatoms. The third kappa shape index (κ3) is 2.68. The number of fused-ring (bicyclic) bond motifs is 1. The molecule has 2 heterocycles. The van der Waals surface area contributed by atoms with E-state index in [9.17, 15) is 0 Å². The highest BCUT2D eigenvalue weighted by Gasteiger charge is 2.23. The summed E-state index contributed by atoms with van der Waals surface area (Å²) in [5.74, 6) is 0.722. The zero-order valence-corrected chi connectivity index (χ0v) is 12.0. The lowest BCUT2D eigenvalue weighted by Crippen LogP contribution is -2.36. The molecule has 2 N–H and O–H groups in total. The van der Waals surface area contributed by atoms with E-state index in [0.717, 1.165) is 22.2 Å². The van der Waals surface area contributed by atoms with Crippen LogP contribution >= 0.6 is 11.3 Å². The van der Waals surface area contributed by atoms with Crippen molar-refractivity contribution < 1.29 is 4.74 Å². The summed E-state index contributed by atoms with van der Waals surface area (Å²) in [7, 11) is 1.63. The second-order valence-corrected chi connectivity index (χ2v) is 6.46. The molecule has 0 aliphatic carbocycles. The number of aromatic nitrogens is 4. The molecule has 100 valence electrons. The summed E-state index contributed by atoms with van der Waals surface area (Å²) in [6, 6.07) is 0.0761. The lowest BCUT2D eigenvalue weighted by atomic mass is 9.86. The average molecular weight is 269 g/mol. The topological polar surface area (TPSA) is 78.3 Å². The summed E-state index contributed by atoms with van der Waals surface area (Å²) in [6.07, 6.45) is 0.754. The smallest absolute Gasteiger partial charge is 0.234 e. The van der Waals surface area contributed by atoms with E-state index in [0.29, 0.717) is 6.61 Å². The Morgan fingerprint density at radius 2 is 2.11 bits per heavy atom. The van der Waals surface area contributed by atoms with Crippen molar-refractivity contribution >= 4 is 16.3 Å². The van der Waals surface area contributed by atoms with E-state index < -0.39 is 0 Å². The van der Waals surface area contributed by atoms with E-state index in [1.54, 1.807) is 11.6 Å². The number of methoxy groups -OCH3 is 1. The largest absolute Gasteiger partial charge is 0.377 e. The van der Waals surface area contributed by atoms with Crippen molar-refractivity contribution in [2.24, 2.45) is 11.1 Å². The number of ether oxygens (including phenoxy) is 1. The maximum absolute atomic E-state index is 6.17. The van der Waals surface area contributed by atoms with Gasteiger partial charge in [0.15, 0.2) is 5.82 Å². The van der Waals surface area contributed by atoms with Crippen molar-refractivity contribution in [1.29, 1.82) is 0 Å². The van der Waals surface area contributed by atoms with E-state index in [1.165, 1.54) is 11.3 Å². The molecule has 0 aliphatic heterocycles. The van der Waals surface area contributed by atoms with Gasteiger partial charge in [-0.3, -0.25) is 0 Å². The van der Waals surface area contributed by atoms with Gasteiger partial charge in [0.2, 0.25) is 4.96 Å². The maximum atomic E-state index is 6.17. The molecule has 1 atom stereocenters. The van der Waals surface area contributed by atoms with Gasteiger partial charge in [-0.15, -0.1) is 10.2 Å². The van der Waals surface area contributed by atoms with Crippen LogP contribution in [0, 0.1) is 5.41 Å². The van der Waals surface area contributed by atoms with Gasteiger partial charge >= 0.3 is 0 Å². The van der Waals surface area contributed by atoms with E-state index >= 15 is 0 Å². The fraction of sp³-hybridized carbons (Fsp3) is 0.727. The SMILES string of the molecule is COCc1nnc2sc(CC(N)C(C)(C)C)nn12. The quantitative estimate of drug-likeness (QED) is 0.903. The van der Waals surface area contributed by atoms with Gasteiger partial charge in [0, 0.05) is 19.6 Å². The van der Waals surface area contributed by atoms with Gasteiger partial charge < -0.3 is 10.5 Å². The minimum atomic E-state index is 0.0708. The Labute approximate surface area is 110 Å². The molecule has 0 bridgehead atoms. The van der Waals surface area contributed by atoms with Crippen molar-refractivity contribution in [3.05, 3.63) is 10.8 Å². The Balaban J connectivity index is 2.20. The number of nitrogens with zero attached hydrogens (tertiary/aromatic N) is 4. The number of hydrogen-bond acceptors (Lipinski definition) is 6. The van der Waals surface area contributed by atoms with Crippen LogP contribution in [0.25, 0.3) is 4.96 Å². The third-order valence-electron chi connectivity index (χ3n) is 2.88. The number of rotatable bonds is 4. The highest BCUT2D eigenvalue weighted by atomic mass is 32.1. The van der Waals surface area contributed by atoms with E-state index in [1.807, 2.05) is 0 Å². The second-order valence-electron chi connectivity index (χ2n) is 5.42. The molecule has 0 fully saturated rings. The highest BCUT2D eigenvalue weighted by molar-refractivity contribution is 7.16. The van der Waals surface area contributed by atoms with Gasteiger partial charge in [-0.25, -0.2) is 0 Å². The Hall–Kier alpha value is -1.05. The normalized spacial score (nSPS) is 14.3. The molecule has 2 aromatic heterocycles. The minimum absolute atomic E-state index is 0.0708. The fourth-order valence-electron chi connectivity index (χ4n) is 1.49. The van der Waals surface area contributed by atoms with E-state index in [-0.39, 0.29) is 11.5 Å². The molecule has 0 radical (unpaired) electrons. The Morgan fingerprint density at radius 1 is 1.39 bits per heavy atom. The molecule has 18 heavy (non-hydrogen) atoms. The van der Waals surface area contributed by atoms with Crippen LogP contribution in [0.3, 0.4) is 0 Å². The molecular formula is C11H19N5OS. The molecule has 0 saturated carbocycles. The summed E-state index contributed by atoms with van der Waals surface area (Å²) in [4.78, 5) is 0.790. The summed E-state index contributed by atoms with van der Waals surface area (Å²) in [5, 5.41) is 13.6. The second kappa shape index (κ2) is 4.91. The minimum Gasteiger partial charge on any atom is -0.377 e. The maximum Gasteiger partial charge on any atom is 0.234 e. The predicted octanol–water partition coefficient (Wildman–Crippen LogP) is 1.25. The monoisotopic (exact) mass is 269 g/mol. The summed E-state index contributed by atoms with van der Waals surface area (Å²) in [5.41, 5.74) is 6.24. The zero-order chi connectivity index (χ0) is 13.3. The van der Waals surface area contributed by atoms with Crippen molar-refractivity contribution in [3.63, 3.8) is 0 Å². The molecule has 0 saturated heterocycles. The molecule has 0 aliphatic rings. The van der Waals surface area contributed by atoms with Crippen LogP contribution in [0.15, 0.2) is 0 Å². The van der Waals surface area contributed by atoms with Gasteiger partial charge in [0.05, 0.1) is 0 Å². The van der Waals surface area contributed by atoms with E-state index in [4.69, 9.17) is 10.5 Å². The van der Waals surface area contributed by atoms with Crippen LogP contribution in [0.2, 0.25) is 0 Å². The van der Waals surface area contributed by atoms with Crippen molar-refractivity contribution in [2.75, 3.05) is 7.11 Å². The van der Waals surface area contributed by atoms with Crippen LogP contribution in [0.1, 0.15) is 31.6 Å². The molecule has 0 spiro atoms. The molecule has 6 nitrogen and oxygen atoms in total. The van der Waals surface area contributed by atoms with Crippen LogP contribution in [-0.2, 0) is 17.8 Å². The first-order valence-corrected chi connectivity index (χ1v) is 6.68. The van der Waals surface area contributed by atoms with Crippen LogP contribution in [-0.4, -0.2) is 33.0 Å². The van der Waals surface area contributed by atoms with Gasteiger partial charge in [-0.2, -0.15) is 9.61 Å². The van der Waals surface area contributed by atoms with Crippen LogP contribution < -0.4 is 5.73 Å². The van der Waals surface area contributed by atoms with Gasteiger partial charge in [0.1, 0.15) is 11.6 Å². The van der Waals surface area contributed by atoms with Crippen molar-refractivity contribution in [1.82, 2.24) is 19.8 Å². The molecule has 2 rings (SSSR count). The van der Waals surface area contributed by atoms with Crippen LogP contribution in [0.4, 0.5) is 0 Å². The number of hydrogen-bond donors (Lipinski definition) is 1. The molecule has 0 aromatic carbocycles. The Morgan fingerprint density at radius 3 is 2.72 bits per heavy atom. The van der Waals surface area contributed by atoms with Crippen molar-refractivity contribution in [2.45, 2.75) is 39.8 Å². The molecule has 2 aromatic rings. The summed E-state index contributed by atoms with van der Waals surface area (Å²) >= 11 is 1.53. The number of nitrogens with two attached hydrogens (primary N) is 1.